The second-order valence-corrected chi connectivity index (χ2v) is 4.08. The normalized spacial score (nSPS) is 15.8. The van der Waals surface area contributed by atoms with E-state index in [1.807, 2.05) is 30.3 Å². The standard InChI is InChI=1S/C13H18N2O2.ClH/c16-13(12-4-2-1-3-5-12)14-6-7-15-8-10-17-11-9-15;/h1-5H,6-11H2,(H,14,16);1H. The van der Waals surface area contributed by atoms with Gasteiger partial charge in [-0.15, -0.1) is 12.4 Å². The zero-order valence-corrected chi connectivity index (χ0v) is 11.1. The molecule has 1 saturated heterocycles. The largest absolute Gasteiger partial charge is 0.379 e. The molecule has 1 aliphatic heterocycles. The van der Waals surface area contributed by atoms with Crippen molar-refractivity contribution in [1.82, 2.24) is 10.2 Å². The number of carbonyl (C=O) groups excluding carboxylic acids is 1. The van der Waals surface area contributed by atoms with Crippen LogP contribution in [0, 0.1) is 0 Å². The molecule has 2 rings (SSSR count). The lowest BCUT2D eigenvalue weighted by atomic mass is 10.2. The summed E-state index contributed by atoms with van der Waals surface area (Å²) < 4.78 is 5.27. The highest BCUT2D eigenvalue weighted by Gasteiger charge is 2.10. The Balaban J connectivity index is 0.00000162. The second kappa shape index (κ2) is 8.08. The van der Waals surface area contributed by atoms with E-state index in [1.54, 1.807) is 0 Å². The van der Waals surface area contributed by atoms with Gasteiger partial charge in [0, 0.05) is 31.7 Å². The first-order valence-electron chi connectivity index (χ1n) is 5.99. The fourth-order valence-electron chi connectivity index (χ4n) is 1.84. The van der Waals surface area contributed by atoms with Gasteiger partial charge >= 0.3 is 0 Å². The van der Waals surface area contributed by atoms with Crippen LogP contribution in [-0.2, 0) is 4.74 Å². The van der Waals surface area contributed by atoms with Crippen molar-refractivity contribution >= 4 is 18.3 Å². The zero-order chi connectivity index (χ0) is 11.9. The summed E-state index contributed by atoms with van der Waals surface area (Å²) in [5.41, 5.74) is 0.717. The Morgan fingerprint density at radius 2 is 1.89 bits per heavy atom. The van der Waals surface area contributed by atoms with E-state index >= 15 is 0 Å². The van der Waals surface area contributed by atoms with Crippen LogP contribution >= 0.6 is 12.4 Å². The smallest absolute Gasteiger partial charge is 0.251 e. The summed E-state index contributed by atoms with van der Waals surface area (Å²) in [6, 6.07) is 9.30. The summed E-state index contributed by atoms with van der Waals surface area (Å²) in [4.78, 5) is 14.0. The molecule has 0 aliphatic carbocycles. The van der Waals surface area contributed by atoms with Gasteiger partial charge in [-0.2, -0.15) is 0 Å². The van der Waals surface area contributed by atoms with Crippen LogP contribution in [0.3, 0.4) is 0 Å². The molecule has 1 amide bonds. The number of nitrogens with zero attached hydrogens (tertiary/aromatic N) is 1. The predicted octanol–water partition coefficient (Wildman–Crippen LogP) is 1.17. The number of hydrogen-bond acceptors (Lipinski definition) is 3. The van der Waals surface area contributed by atoms with E-state index in [-0.39, 0.29) is 18.3 Å². The van der Waals surface area contributed by atoms with Crippen LogP contribution in [0.5, 0.6) is 0 Å². The summed E-state index contributed by atoms with van der Waals surface area (Å²) in [6.45, 7) is 5.09. The lowest BCUT2D eigenvalue weighted by molar-refractivity contribution is 0.0383. The van der Waals surface area contributed by atoms with Gasteiger partial charge in [-0.05, 0) is 12.1 Å². The number of morpholine rings is 1. The minimum Gasteiger partial charge on any atom is -0.379 e. The van der Waals surface area contributed by atoms with Gasteiger partial charge in [0.05, 0.1) is 13.2 Å². The highest BCUT2D eigenvalue weighted by atomic mass is 35.5. The van der Waals surface area contributed by atoms with Crippen LogP contribution in [0.25, 0.3) is 0 Å². The molecule has 18 heavy (non-hydrogen) atoms. The maximum absolute atomic E-state index is 11.7. The molecule has 1 fully saturated rings. The minimum atomic E-state index is -0.00106. The van der Waals surface area contributed by atoms with E-state index in [1.165, 1.54) is 0 Å². The summed E-state index contributed by atoms with van der Waals surface area (Å²) in [5, 5.41) is 2.92. The number of hydrogen-bond donors (Lipinski definition) is 1. The van der Waals surface area contributed by atoms with Crippen molar-refractivity contribution in [2.24, 2.45) is 0 Å². The molecule has 0 radical (unpaired) electrons. The fraction of sp³-hybridized carbons (Fsp3) is 0.462. The molecular weight excluding hydrogens is 252 g/mol. The number of rotatable bonds is 4. The predicted molar refractivity (Wildman–Crippen MR) is 73.3 cm³/mol. The molecule has 0 atom stereocenters. The van der Waals surface area contributed by atoms with E-state index in [4.69, 9.17) is 4.74 Å². The van der Waals surface area contributed by atoms with Gasteiger partial charge < -0.3 is 10.1 Å². The minimum absolute atomic E-state index is 0. The summed E-state index contributed by atoms with van der Waals surface area (Å²) in [6.07, 6.45) is 0. The van der Waals surface area contributed by atoms with Gasteiger partial charge in [0.1, 0.15) is 0 Å². The van der Waals surface area contributed by atoms with Crippen LogP contribution < -0.4 is 5.32 Å². The van der Waals surface area contributed by atoms with E-state index in [0.29, 0.717) is 6.54 Å². The van der Waals surface area contributed by atoms with Crippen molar-refractivity contribution in [3.8, 4) is 0 Å². The highest BCUT2D eigenvalue weighted by Crippen LogP contribution is 1.98. The lowest BCUT2D eigenvalue weighted by Crippen LogP contribution is -2.41. The SMILES string of the molecule is Cl.O=C(NCCN1CCOCC1)c1ccccc1. The van der Waals surface area contributed by atoms with E-state index in [2.05, 4.69) is 10.2 Å². The first-order valence-corrected chi connectivity index (χ1v) is 5.99. The average Bonchev–Trinajstić information content (AvgIpc) is 2.41. The molecule has 0 aromatic heterocycles. The Labute approximate surface area is 114 Å². The molecule has 1 aromatic carbocycles. The number of halogens is 1. The fourth-order valence-corrected chi connectivity index (χ4v) is 1.84. The van der Waals surface area contributed by atoms with E-state index in [9.17, 15) is 4.79 Å². The van der Waals surface area contributed by atoms with Crippen LogP contribution in [0.2, 0.25) is 0 Å². The monoisotopic (exact) mass is 270 g/mol. The second-order valence-electron chi connectivity index (χ2n) is 4.08. The molecule has 0 unspecified atom stereocenters. The third-order valence-electron chi connectivity index (χ3n) is 2.85. The Morgan fingerprint density at radius 1 is 1.22 bits per heavy atom. The van der Waals surface area contributed by atoms with Crippen molar-refractivity contribution in [2.45, 2.75) is 0 Å². The topological polar surface area (TPSA) is 41.6 Å². The van der Waals surface area contributed by atoms with Crippen molar-refractivity contribution < 1.29 is 9.53 Å². The number of amides is 1. The Kier molecular flexibility index (Phi) is 6.72. The number of benzene rings is 1. The first kappa shape index (κ1) is 15.0. The third kappa shape index (κ3) is 4.64. The van der Waals surface area contributed by atoms with Gasteiger partial charge in [-0.3, -0.25) is 9.69 Å². The summed E-state index contributed by atoms with van der Waals surface area (Å²) >= 11 is 0. The van der Waals surface area contributed by atoms with Crippen LogP contribution in [0.4, 0.5) is 0 Å². The molecule has 1 N–H and O–H groups in total. The molecule has 0 saturated carbocycles. The van der Waals surface area contributed by atoms with Crippen LogP contribution in [0.15, 0.2) is 30.3 Å². The van der Waals surface area contributed by atoms with Gasteiger partial charge in [0.15, 0.2) is 0 Å². The first-order chi connectivity index (χ1) is 8.36. The van der Waals surface area contributed by atoms with Crippen molar-refractivity contribution in [3.63, 3.8) is 0 Å². The number of carbonyl (C=O) groups is 1. The van der Waals surface area contributed by atoms with E-state index in [0.717, 1.165) is 38.4 Å². The highest BCUT2D eigenvalue weighted by molar-refractivity contribution is 5.94. The Bertz CT molecular complexity index is 353. The molecular formula is C13H19ClN2O2. The molecule has 1 aromatic rings. The molecule has 1 aliphatic rings. The van der Waals surface area contributed by atoms with E-state index < -0.39 is 0 Å². The van der Waals surface area contributed by atoms with Crippen molar-refractivity contribution in [2.75, 3.05) is 39.4 Å². The van der Waals surface area contributed by atoms with Gasteiger partial charge in [-0.25, -0.2) is 0 Å². The molecule has 1 heterocycles. The number of nitrogens with one attached hydrogen (secondary N) is 1. The van der Waals surface area contributed by atoms with Crippen LogP contribution in [0.1, 0.15) is 10.4 Å². The van der Waals surface area contributed by atoms with Crippen molar-refractivity contribution in [3.05, 3.63) is 35.9 Å². The summed E-state index contributed by atoms with van der Waals surface area (Å²) in [5.74, 6) is -0.00106. The molecule has 0 spiro atoms. The Morgan fingerprint density at radius 3 is 2.56 bits per heavy atom. The maximum atomic E-state index is 11.7. The van der Waals surface area contributed by atoms with Gasteiger partial charge in [-0.1, -0.05) is 18.2 Å². The maximum Gasteiger partial charge on any atom is 0.251 e. The van der Waals surface area contributed by atoms with Crippen molar-refractivity contribution in [1.29, 1.82) is 0 Å². The average molecular weight is 271 g/mol. The zero-order valence-electron chi connectivity index (χ0n) is 10.3. The molecule has 100 valence electrons. The molecule has 0 bridgehead atoms. The Hall–Kier alpha value is -1.10. The summed E-state index contributed by atoms with van der Waals surface area (Å²) in [7, 11) is 0. The molecule has 4 nitrogen and oxygen atoms in total. The number of ether oxygens (including phenoxy) is 1. The third-order valence-corrected chi connectivity index (χ3v) is 2.85. The van der Waals surface area contributed by atoms with Gasteiger partial charge in [0.25, 0.3) is 5.91 Å². The lowest BCUT2D eigenvalue weighted by Gasteiger charge is -2.26. The van der Waals surface area contributed by atoms with Crippen LogP contribution in [-0.4, -0.2) is 50.2 Å². The van der Waals surface area contributed by atoms with Gasteiger partial charge in [0.2, 0.25) is 0 Å². The molecule has 5 heteroatoms. The quantitative estimate of drug-likeness (QED) is 0.893.